The Labute approximate surface area is 108 Å². The second kappa shape index (κ2) is 5.81. The Bertz CT molecular complexity index is 423. The Kier molecular flexibility index (Phi) is 4.70. The Morgan fingerprint density at radius 2 is 2.25 bits per heavy atom. The molecule has 0 spiro atoms. The fourth-order valence-electron chi connectivity index (χ4n) is 1.10. The maximum absolute atomic E-state index is 11.3. The highest BCUT2D eigenvalue weighted by atomic mass is 79.9. The number of anilines is 1. The molecule has 16 heavy (non-hydrogen) atoms. The van der Waals surface area contributed by atoms with Gasteiger partial charge in [-0.1, -0.05) is 12.2 Å². The molecule has 0 atom stereocenters. The van der Waals surface area contributed by atoms with Gasteiger partial charge < -0.3 is 16.4 Å². The monoisotopic (exact) mass is 301 g/mol. The minimum absolute atomic E-state index is 0.244. The fraction of sp³-hybridized carbons (Fsp3) is 0.200. The smallest absolute Gasteiger partial charge is 0.319 e. The van der Waals surface area contributed by atoms with E-state index in [-0.39, 0.29) is 6.03 Å². The quantitative estimate of drug-likeness (QED) is 0.750. The van der Waals surface area contributed by atoms with Crippen molar-refractivity contribution in [1.29, 1.82) is 0 Å². The summed E-state index contributed by atoms with van der Waals surface area (Å²) in [5.41, 5.74) is 6.92. The zero-order chi connectivity index (χ0) is 12.1. The predicted octanol–water partition coefficient (Wildman–Crippen LogP) is 2.22. The van der Waals surface area contributed by atoms with Gasteiger partial charge in [-0.25, -0.2) is 4.79 Å². The van der Waals surface area contributed by atoms with Gasteiger partial charge in [0.2, 0.25) is 0 Å². The molecule has 86 valence electrons. The van der Waals surface area contributed by atoms with E-state index in [9.17, 15) is 4.79 Å². The molecule has 0 saturated carbocycles. The first-order valence-electron chi connectivity index (χ1n) is 4.68. The first-order chi connectivity index (χ1) is 7.54. The number of amides is 2. The summed E-state index contributed by atoms with van der Waals surface area (Å²) in [7, 11) is 0. The average Bonchev–Trinajstić information content (AvgIpc) is 2.21. The molecule has 1 rings (SSSR count). The van der Waals surface area contributed by atoms with Crippen molar-refractivity contribution < 1.29 is 4.79 Å². The zero-order valence-electron chi connectivity index (χ0n) is 8.71. The van der Waals surface area contributed by atoms with E-state index < -0.39 is 0 Å². The summed E-state index contributed by atoms with van der Waals surface area (Å²) < 4.78 is 0.740. The highest BCUT2D eigenvalue weighted by Gasteiger charge is 2.05. The van der Waals surface area contributed by atoms with Gasteiger partial charge in [-0.2, -0.15) is 0 Å². The molecule has 0 aromatic heterocycles. The number of urea groups is 1. The third-order valence-electron chi connectivity index (χ3n) is 1.84. The molecule has 0 aliphatic carbocycles. The summed E-state index contributed by atoms with van der Waals surface area (Å²) in [4.78, 5) is 11.6. The van der Waals surface area contributed by atoms with Gasteiger partial charge in [-0.15, -0.1) is 0 Å². The normalized spacial score (nSPS) is 9.62. The van der Waals surface area contributed by atoms with Crippen molar-refractivity contribution in [3.8, 4) is 0 Å². The number of halogens is 1. The molecule has 4 N–H and O–H groups in total. The topological polar surface area (TPSA) is 67.2 Å². The van der Waals surface area contributed by atoms with Crippen LogP contribution in [0.3, 0.4) is 0 Å². The van der Waals surface area contributed by atoms with E-state index in [1.54, 1.807) is 18.2 Å². The first kappa shape index (κ1) is 12.9. The summed E-state index contributed by atoms with van der Waals surface area (Å²) in [6.45, 7) is 2.43. The fourth-order valence-corrected chi connectivity index (χ4v) is 1.70. The van der Waals surface area contributed by atoms with E-state index in [0.717, 1.165) is 10.0 Å². The Hall–Kier alpha value is -1.14. The lowest BCUT2D eigenvalue weighted by atomic mass is 10.2. The van der Waals surface area contributed by atoms with Gasteiger partial charge in [0.1, 0.15) is 4.99 Å². The minimum Gasteiger partial charge on any atom is -0.389 e. The number of rotatable bonds is 3. The van der Waals surface area contributed by atoms with E-state index >= 15 is 0 Å². The number of hydrogen-bond donors (Lipinski definition) is 3. The van der Waals surface area contributed by atoms with Crippen molar-refractivity contribution in [2.75, 3.05) is 11.9 Å². The highest BCUT2D eigenvalue weighted by molar-refractivity contribution is 9.10. The highest BCUT2D eigenvalue weighted by Crippen LogP contribution is 2.23. The van der Waals surface area contributed by atoms with Crippen molar-refractivity contribution in [2.45, 2.75) is 6.92 Å². The van der Waals surface area contributed by atoms with Crippen LogP contribution >= 0.6 is 28.1 Å². The number of thiocarbonyl (C=S) groups is 1. The van der Waals surface area contributed by atoms with Crippen molar-refractivity contribution in [3.63, 3.8) is 0 Å². The van der Waals surface area contributed by atoms with Crippen LogP contribution in [0.2, 0.25) is 0 Å². The van der Waals surface area contributed by atoms with Crippen molar-refractivity contribution in [3.05, 3.63) is 28.2 Å². The maximum atomic E-state index is 11.3. The first-order valence-corrected chi connectivity index (χ1v) is 5.89. The molecule has 6 heteroatoms. The summed E-state index contributed by atoms with van der Waals surface area (Å²) in [5, 5.41) is 5.33. The van der Waals surface area contributed by atoms with Gasteiger partial charge >= 0.3 is 6.03 Å². The van der Waals surface area contributed by atoms with Crippen molar-refractivity contribution >= 4 is 44.9 Å². The number of carbonyl (C=O) groups is 1. The molecule has 0 heterocycles. The van der Waals surface area contributed by atoms with Crippen LogP contribution in [0.4, 0.5) is 10.5 Å². The van der Waals surface area contributed by atoms with Gasteiger partial charge in [0.15, 0.2) is 0 Å². The van der Waals surface area contributed by atoms with Crippen LogP contribution in [-0.2, 0) is 0 Å². The molecule has 4 nitrogen and oxygen atoms in total. The SMILES string of the molecule is CCNC(=O)Nc1ccc(C(N)=S)cc1Br. The molecule has 1 aromatic rings. The summed E-state index contributed by atoms with van der Waals surface area (Å²) in [6, 6.07) is 5.03. The molecule has 1 aromatic carbocycles. The van der Waals surface area contributed by atoms with Crippen LogP contribution in [0.15, 0.2) is 22.7 Å². The van der Waals surface area contributed by atoms with E-state index in [4.69, 9.17) is 18.0 Å². The summed E-state index contributed by atoms with van der Waals surface area (Å²) in [5.74, 6) is 0. The number of benzene rings is 1. The number of carbonyl (C=O) groups excluding carboxylic acids is 1. The largest absolute Gasteiger partial charge is 0.389 e. The van der Waals surface area contributed by atoms with Crippen LogP contribution in [0.25, 0.3) is 0 Å². The minimum atomic E-state index is -0.244. The van der Waals surface area contributed by atoms with Crippen molar-refractivity contribution in [2.24, 2.45) is 5.73 Å². The van der Waals surface area contributed by atoms with Gasteiger partial charge in [-0.3, -0.25) is 0 Å². The third-order valence-corrected chi connectivity index (χ3v) is 2.73. The van der Waals surface area contributed by atoms with Crippen LogP contribution in [0, 0.1) is 0 Å². The standard InChI is InChI=1S/C10H12BrN3OS/c1-2-13-10(15)14-8-4-3-6(9(12)16)5-7(8)11/h3-5H,2H2,1H3,(H2,12,16)(H2,13,14,15). The third kappa shape index (κ3) is 3.46. The molecule has 0 radical (unpaired) electrons. The molecule has 0 aliphatic rings. The lowest BCUT2D eigenvalue weighted by Gasteiger charge is -2.09. The molecule has 0 unspecified atom stereocenters. The van der Waals surface area contributed by atoms with E-state index in [2.05, 4.69) is 26.6 Å². The maximum Gasteiger partial charge on any atom is 0.319 e. The summed E-state index contributed by atoms with van der Waals surface area (Å²) in [6.07, 6.45) is 0. The number of nitrogens with one attached hydrogen (secondary N) is 2. The number of nitrogens with two attached hydrogens (primary N) is 1. The second-order valence-electron chi connectivity index (χ2n) is 3.04. The van der Waals surface area contributed by atoms with E-state index in [1.165, 1.54) is 0 Å². The summed E-state index contributed by atoms with van der Waals surface area (Å²) >= 11 is 8.19. The number of hydrogen-bond acceptors (Lipinski definition) is 2. The predicted molar refractivity (Wildman–Crippen MR) is 72.7 cm³/mol. The zero-order valence-corrected chi connectivity index (χ0v) is 11.1. The lowest BCUT2D eigenvalue weighted by molar-refractivity contribution is 0.252. The van der Waals surface area contributed by atoms with Gasteiger partial charge in [0.25, 0.3) is 0 Å². The molecule has 0 saturated heterocycles. The van der Waals surface area contributed by atoms with E-state index in [0.29, 0.717) is 17.2 Å². The van der Waals surface area contributed by atoms with Crippen LogP contribution in [0.5, 0.6) is 0 Å². The van der Waals surface area contributed by atoms with Gasteiger partial charge in [0, 0.05) is 16.6 Å². The Morgan fingerprint density at radius 3 is 2.75 bits per heavy atom. The van der Waals surface area contributed by atoms with Gasteiger partial charge in [0.05, 0.1) is 5.69 Å². The Morgan fingerprint density at radius 1 is 1.56 bits per heavy atom. The van der Waals surface area contributed by atoms with Crippen LogP contribution in [0.1, 0.15) is 12.5 Å². The Balaban J connectivity index is 2.83. The molecular formula is C10H12BrN3OS. The van der Waals surface area contributed by atoms with Gasteiger partial charge in [-0.05, 0) is 41.1 Å². The molecule has 2 amide bonds. The molecule has 0 bridgehead atoms. The van der Waals surface area contributed by atoms with E-state index in [1.807, 2.05) is 6.92 Å². The van der Waals surface area contributed by atoms with Crippen molar-refractivity contribution in [1.82, 2.24) is 5.32 Å². The van der Waals surface area contributed by atoms with Crippen LogP contribution in [-0.4, -0.2) is 17.6 Å². The van der Waals surface area contributed by atoms with Crippen LogP contribution < -0.4 is 16.4 Å². The lowest BCUT2D eigenvalue weighted by Crippen LogP contribution is -2.28. The molecular weight excluding hydrogens is 290 g/mol. The molecule has 0 fully saturated rings. The second-order valence-corrected chi connectivity index (χ2v) is 4.34. The molecule has 0 aliphatic heterocycles. The average molecular weight is 302 g/mol.